The normalized spacial score (nSPS) is 14.3. The van der Waals surface area contributed by atoms with E-state index < -0.39 is 30.0 Å². The highest BCUT2D eigenvalue weighted by atomic mass is 16.5. The van der Waals surface area contributed by atoms with Crippen LogP contribution in [0.2, 0.25) is 0 Å². The number of nitrogens with two attached hydrogens (primary N) is 1. The third kappa shape index (κ3) is 6.55. The zero-order valence-electron chi connectivity index (χ0n) is 18.9. The molecule has 3 atom stereocenters. The molecule has 0 fully saturated rings. The van der Waals surface area contributed by atoms with Gasteiger partial charge in [0.25, 0.3) is 0 Å². The van der Waals surface area contributed by atoms with Crippen molar-refractivity contribution >= 4 is 28.7 Å². The Labute approximate surface area is 183 Å². The van der Waals surface area contributed by atoms with Gasteiger partial charge in [-0.2, -0.15) is 0 Å². The van der Waals surface area contributed by atoms with Gasteiger partial charge >= 0.3 is 5.97 Å². The van der Waals surface area contributed by atoms with E-state index in [4.69, 9.17) is 10.5 Å². The highest BCUT2D eigenvalue weighted by molar-refractivity contribution is 5.92. The number of hydrogen-bond donors (Lipinski definition) is 4. The van der Waals surface area contributed by atoms with E-state index in [0.29, 0.717) is 6.42 Å². The van der Waals surface area contributed by atoms with Crippen LogP contribution in [0.15, 0.2) is 30.5 Å². The van der Waals surface area contributed by atoms with E-state index in [9.17, 15) is 14.4 Å². The molecule has 0 aliphatic carbocycles. The molecule has 8 nitrogen and oxygen atoms in total. The van der Waals surface area contributed by atoms with E-state index in [-0.39, 0.29) is 24.2 Å². The molecule has 5 N–H and O–H groups in total. The molecule has 1 heterocycles. The lowest BCUT2D eigenvalue weighted by atomic mass is 9.99. The van der Waals surface area contributed by atoms with E-state index in [2.05, 4.69) is 15.6 Å². The SMILES string of the molecule is COC(=O)[C@@H](Cc1c[nH]c2ccccc12)NC(=O)[C@H](CC(C)C)NC(=O)[C@@H](N)C(C)C. The van der Waals surface area contributed by atoms with Crippen molar-refractivity contribution in [2.24, 2.45) is 17.6 Å². The Morgan fingerprint density at radius 1 is 1.03 bits per heavy atom. The minimum absolute atomic E-state index is 0.0625. The summed E-state index contributed by atoms with van der Waals surface area (Å²) in [6, 6.07) is 5.32. The number of carbonyl (C=O) groups excluding carboxylic acids is 3. The summed E-state index contributed by atoms with van der Waals surface area (Å²) in [6.45, 7) is 7.60. The summed E-state index contributed by atoms with van der Waals surface area (Å²) in [5, 5.41) is 6.49. The fraction of sp³-hybridized carbons (Fsp3) is 0.522. The number of benzene rings is 1. The van der Waals surface area contributed by atoms with Gasteiger partial charge in [0.05, 0.1) is 13.2 Å². The van der Waals surface area contributed by atoms with Crippen LogP contribution < -0.4 is 16.4 Å². The second-order valence-corrected chi connectivity index (χ2v) is 8.61. The van der Waals surface area contributed by atoms with Crippen molar-refractivity contribution in [2.75, 3.05) is 7.11 Å². The van der Waals surface area contributed by atoms with Crippen molar-refractivity contribution in [3.8, 4) is 0 Å². The minimum Gasteiger partial charge on any atom is -0.467 e. The molecule has 170 valence electrons. The zero-order valence-corrected chi connectivity index (χ0v) is 18.9. The van der Waals surface area contributed by atoms with Gasteiger partial charge in [-0.3, -0.25) is 9.59 Å². The van der Waals surface area contributed by atoms with Gasteiger partial charge in [0, 0.05) is 23.5 Å². The lowest BCUT2D eigenvalue weighted by molar-refractivity contribution is -0.145. The van der Waals surface area contributed by atoms with Crippen LogP contribution in [0.4, 0.5) is 0 Å². The van der Waals surface area contributed by atoms with Gasteiger partial charge in [0.15, 0.2) is 0 Å². The third-order valence-electron chi connectivity index (χ3n) is 5.26. The number of methoxy groups -OCH3 is 1. The molecule has 0 spiro atoms. The molecule has 0 unspecified atom stereocenters. The monoisotopic (exact) mass is 430 g/mol. The highest BCUT2D eigenvalue weighted by Crippen LogP contribution is 2.19. The summed E-state index contributed by atoms with van der Waals surface area (Å²) in [5.74, 6) is -1.29. The van der Waals surface area contributed by atoms with Gasteiger partial charge in [0.2, 0.25) is 11.8 Å². The molecule has 2 aromatic rings. The molecule has 1 aromatic heterocycles. The molecule has 2 rings (SSSR count). The van der Waals surface area contributed by atoms with E-state index in [1.165, 1.54) is 7.11 Å². The molecule has 0 bridgehead atoms. The van der Waals surface area contributed by atoms with Crippen LogP contribution in [0.5, 0.6) is 0 Å². The lowest BCUT2D eigenvalue weighted by Crippen LogP contribution is -2.56. The maximum Gasteiger partial charge on any atom is 0.328 e. The highest BCUT2D eigenvalue weighted by Gasteiger charge is 2.30. The quantitative estimate of drug-likeness (QED) is 0.428. The van der Waals surface area contributed by atoms with Gasteiger partial charge in [-0.25, -0.2) is 4.79 Å². The number of esters is 1. The van der Waals surface area contributed by atoms with Crippen LogP contribution >= 0.6 is 0 Å². The van der Waals surface area contributed by atoms with Crippen molar-refractivity contribution in [1.29, 1.82) is 0 Å². The van der Waals surface area contributed by atoms with Crippen molar-refractivity contribution in [1.82, 2.24) is 15.6 Å². The van der Waals surface area contributed by atoms with Crippen LogP contribution in [-0.2, 0) is 25.5 Å². The Kier molecular flexibility index (Phi) is 8.62. The molecule has 2 amide bonds. The van der Waals surface area contributed by atoms with Gasteiger partial charge in [-0.1, -0.05) is 45.9 Å². The lowest BCUT2D eigenvalue weighted by Gasteiger charge is -2.25. The summed E-state index contributed by atoms with van der Waals surface area (Å²) < 4.78 is 4.91. The molecule has 8 heteroatoms. The average Bonchev–Trinajstić information content (AvgIpc) is 3.13. The Morgan fingerprint density at radius 3 is 2.29 bits per heavy atom. The maximum atomic E-state index is 13.0. The number of fused-ring (bicyclic) bond motifs is 1. The van der Waals surface area contributed by atoms with Crippen molar-refractivity contribution in [2.45, 2.75) is 58.7 Å². The van der Waals surface area contributed by atoms with Crippen LogP contribution in [0.25, 0.3) is 10.9 Å². The van der Waals surface area contributed by atoms with Crippen LogP contribution in [0.1, 0.15) is 39.7 Å². The van der Waals surface area contributed by atoms with Gasteiger partial charge < -0.3 is 26.1 Å². The fourth-order valence-corrected chi connectivity index (χ4v) is 3.40. The molecule has 1 aromatic carbocycles. The first-order chi connectivity index (χ1) is 14.6. The Hall–Kier alpha value is -2.87. The first kappa shape index (κ1) is 24.4. The predicted molar refractivity (Wildman–Crippen MR) is 120 cm³/mol. The Balaban J connectivity index is 2.19. The Morgan fingerprint density at radius 2 is 1.68 bits per heavy atom. The van der Waals surface area contributed by atoms with Gasteiger partial charge in [-0.05, 0) is 29.9 Å². The molecular formula is C23H34N4O4. The number of aromatic amines is 1. The fourth-order valence-electron chi connectivity index (χ4n) is 3.40. The molecule has 0 saturated carbocycles. The average molecular weight is 431 g/mol. The number of para-hydroxylation sites is 1. The maximum absolute atomic E-state index is 13.0. The molecular weight excluding hydrogens is 396 g/mol. The second-order valence-electron chi connectivity index (χ2n) is 8.61. The molecule has 0 aliphatic heterocycles. The van der Waals surface area contributed by atoms with E-state index in [1.54, 1.807) is 0 Å². The van der Waals surface area contributed by atoms with Crippen molar-refractivity contribution in [3.63, 3.8) is 0 Å². The zero-order chi connectivity index (χ0) is 23.1. The van der Waals surface area contributed by atoms with E-state index in [1.807, 2.05) is 58.2 Å². The summed E-state index contributed by atoms with van der Waals surface area (Å²) >= 11 is 0. The number of H-pyrrole nitrogens is 1. The molecule has 31 heavy (non-hydrogen) atoms. The second kappa shape index (κ2) is 10.9. The van der Waals surface area contributed by atoms with Crippen LogP contribution in [0, 0.1) is 11.8 Å². The molecule has 0 radical (unpaired) electrons. The minimum atomic E-state index is -0.887. The van der Waals surface area contributed by atoms with E-state index in [0.717, 1.165) is 16.5 Å². The standard InChI is InChI=1S/C23H34N4O4/c1-13(2)10-18(26-22(29)20(24)14(3)4)21(28)27-19(23(30)31-5)11-15-12-25-17-9-7-6-8-16(15)17/h6-9,12-14,18-20,25H,10-11,24H2,1-5H3,(H,26,29)(H,27,28)/t18-,19+,20-/m0/s1. The predicted octanol–water partition coefficient (Wildman–Crippen LogP) is 1.88. The van der Waals surface area contributed by atoms with Gasteiger partial charge in [-0.15, -0.1) is 0 Å². The summed E-state index contributed by atoms with van der Waals surface area (Å²) in [6.07, 6.45) is 2.50. The number of rotatable bonds is 10. The summed E-state index contributed by atoms with van der Waals surface area (Å²) in [7, 11) is 1.28. The number of ether oxygens (including phenoxy) is 1. The van der Waals surface area contributed by atoms with Gasteiger partial charge in [0.1, 0.15) is 12.1 Å². The summed E-state index contributed by atoms with van der Waals surface area (Å²) in [5.41, 5.74) is 7.76. The number of hydrogen-bond acceptors (Lipinski definition) is 5. The number of carbonyl (C=O) groups is 3. The first-order valence-electron chi connectivity index (χ1n) is 10.6. The Bertz CT molecular complexity index is 906. The molecule has 0 aliphatic rings. The first-order valence-corrected chi connectivity index (χ1v) is 10.6. The van der Waals surface area contributed by atoms with Crippen molar-refractivity contribution < 1.29 is 19.1 Å². The third-order valence-corrected chi connectivity index (χ3v) is 5.26. The van der Waals surface area contributed by atoms with Crippen molar-refractivity contribution in [3.05, 3.63) is 36.0 Å². The molecule has 0 saturated heterocycles. The number of nitrogens with one attached hydrogen (secondary N) is 3. The summed E-state index contributed by atoms with van der Waals surface area (Å²) in [4.78, 5) is 41.1. The number of aromatic nitrogens is 1. The smallest absolute Gasteiger partial charge is 0.328 e. The topological polar surface area (TPSA) is 126 Å². The van der Waals surface area contributed by atoms with Crippen LogP contribution in [0.3, 0.4) is 0 Å². The largest absolute Gasteiger partial charge is 0.467 e. The van der Waals surface area contributed by atoms with Crippen LogP contribution in [-0.4, -0.2) is 48.0 Å². The number of amides is 2. The van der Waals surface area contributed by atoms with E-state index >= 15 is 0 Å².